The van der Waals surface area contributed by atoms with Crippen LogP contribution >= 0.6 is 12.4 Å². The Balaban J connectivity index is 0.00000180. The topological polar surface area (TPSA) is 41.1 Å². The SMILES string of the molecule is Cc1ccc(C(=O)NC2CCNC(C)C2)c(F)c1.Cl. The van der Waals surface area contributed by atoms with Crippen LogP contribution in [0, 0.1) is 12.7 Å². The summed E-state index contributed by atoms with van der Waals surface area (Å²) in [5.74, 6) is -0.763. The summed E-state index contributed by atoms with van der Waals surface area (Å²) < 4.78 is 13.7. The lowest BCUT2D eigenvalue weighted by Gasteiger charge is -2.28. The van der Waals surface area contributed by atoms with Gasteiger partial charge in [0.15, 0.2) is 0 Å². The first kappa shape index (κ1) is 15.9. The Morgan fingerprint density at radius 2 is 2.21 bits per heavy atom. The normalized spacial score (nSPS) is 22.5. The molecule has 0 aliphatic carbocycles. The van der Waals surface area contributed by atoms with Crippen molar-refractivity contribution in [3.63, 3.8) is 0 Å². The van der Waals surface area contributed by atoms with Gasteiger partial charge in [0.05, 0.1) is 5.56 Å². The van der Waals surface area contributed by atoms with Gasteiger partial charge >= 0.3 is 0 Å². The molecule has 19 heavy (non-hydrogen) atoms. The molecule has 2 N–H and O–H groups in total. The van der Waals surface area contributed by atoms with E-state index >= 15 is 0 Å². The Morgan fingerprint density at radius 1 is 1.47 bits per heavy atom. The number of hydrogen-bond donors (Lipinski definition) is 2. The zero-order valence-electron chi connectivity index (χ0n) is 11.2. The van der Waals surface area contributed by atoms with E-state index in [9.17, 15) is 9.18 Å². The number of rotatable bonds is 2. The third kappa shape index (κ3) is 4.18. The van der Waals surface area contributed by atoms with Crippen molar-refractivity contribution in [2.45, 2.75) is 38.8 Å². The highest BCUT2D eigenvalue weighted by Crippen LogP contribution is 2.12. The van der Waals surface area contributed by atoms with Crippen LogP contribution in [0.25, 0.3) is 0 Å². The molecule has 106 valence electrons. The summed E-state index contributed by atoms with van der Waals surface area (Å²) in [4.78, 5) is 12.0. The monoisotopic (exact) mass is 286 g/mol. The van der Waals surface area contributed by atoms with Crippen molar-refractivity contribution in [1.82, 2.24) is 10.6 Å². The van der Waals surface area contributed by atoms with Crippen molar-refractivity contribution < 1.29 is 9.18 Å². The molecule has 1 fully saturated rings. The average molecular weight is 287 g/mol. The van der Waals surface area contributed by atoms with Crippen LogP contribution in [-0.2, 0) is 0 Å². The number of halogens is 2. The maximum atomic E-state index is 13.7. The number of hydrogen-bond acceptors (Lipinski definition) is 2. The molecule has 0 spiro atoms. The number of benzene rings is 1. The number of carbonyl (C=O) groups excluding carboxylic acids is 1. The maximum absolute atomic E-state index is 13.7. The van der Waals surface area contributed by atoms with Crippen LogP contribution in [0.3, 0.4) is 0 Å². The van der Waals surface area contributed by atoms with Gasteiger partial charge in [-0.25, -0.2) is 4.39 Å². The van der Waals surface area contributed by atoms with Crippen LogP contribution < -0.4 is 10.6 Å². The summed E-state index contributed by atoms with van der Waals surface area (Å²) in [6.07, 6.45) is 1.78. The summed E-state index contributed by atoms with van der Waals surface area (Å²) in [5.41, 5.74) is 0.950. The van der Waals surface area contributed by atoms with Crippen LogP contribution in [0.5, 0.6) is 0 Å². The van der Waals surface area contributed by atoms with Crippen LogP contribution in [0.1, 0.15) is 35.7 Å². The summed E-state index contributed by atoms with van der Waals surface area (Å²) in [6, 6.07) is 5.22. The fourth-order valence-corrected chi connectivity index (χ4v) is 2.33. The molecule has 1 aromatic rings. The number of amides is 1. The zero-order chi connectivity index (χ0) is 13.1. The maximum Gasteiger partial charge on any atom is 0.254 e. The molecule has 5 heteroatoms. The number of aryl methyl sites for hydroxylation is 1. The van der Waals surface area contributed by atoms with E-state index in [0.29, 0.717) is 6.04 Å². The number of nitrogens with one attached hydrogen (secondary N) is 2. The molecule has 2 atom stereocenters. The Labute approximate surface area is 119 Å². The molecule has 1 heterocycles. The van der Waals surface area contributed by atoms with E-state index in [1.165, 1.54) is 6.07 Å². The smallest absolute Gasteiger partial charge is 0.254 e. The van der Waals surface area contributed by atoms with Gasteiger partial charge in [0.1, 0.15) is 5.82 Å². The predicted molar refractivity (Wildman–Crippen MR) is 76.3 cm³/mol. The Kier molecular flexibility index (Phi) is 5.76. The first-order valence-corrected chi connectivity index (χ1v) is 6.36. The molecular formula is C14H20ClFN2O. The van der Waals surface area contributed by atoms with Crippen molar-refractivity contribution >= 4 is 18.3 Å². The molecule has 1 aliphatic rings. The van der Waals surface area contributed by atoms with E-state index in [0.717, 1.165) is 24.9 Å². The van der Waals surface area contributed by atoms with Gasteiger partial charge in [-0.2, -0.15) is 0 Å². The van der Waals surface area contributed by atoms with Crippen LogP contribution in [0.2, 0.25) is 0 Å². The molecule has 1 aliphatic heterocycles. The third-order valence-corrected chi connectivity index (χ3v) is 3.33. The van der Waals surface area contributed by atoms with Crippen molar-refractivity contribution in [2.75, 3.05) is 6.54 Å². The van der Waals surface area contributed by atoms with Gasteiger partial charge in [0, 0.05) is 12.1 Å². The fraction of sp³-hybridized carbons (Fsp3) is 0.500. The summed E-state index contributed by atoms with van der Waals surface area (Å²) >= 11 is 0. The summed E-state index contributed by atoms with van der Waals surface area (Å²) in [7, 11) is 0. The Morgan fingerprint density at radius 3 is 2.84 bits per heavy atom. The molecule has 3 nitrogen and oxygen atoms in total. The molecule has 0 radical (unpaired) electrons. The second-order valence-electron chi connectivity index (χ2n) is 5.03. The first-order valence-electron chi connectivity index (χ1n) is 6.36. The van der Waals surface area contributed by atoms with Crippen molar-refractivity contribution in [3.8, 4) is 0 Å². The van der Waals surface area contributed by atoms with Crippen LogP contribution in [0.4, 0.5) is 4.39 Å². The van der Waals surface area contributed by atoms with Gasteiger partial charge < -0.3 is 10.6 Å². The quantitative estimate of drug-likeness (QED) is 0.877. The van der Waals surface area contributed by atoms with Gasteiger partial charge in [-0.1, -0.05) is 6.07 Å². The largest absolute Gasteiger partial charge is 0.349 e. The number of carbonyl (C=O) groups is 1. The van der Waals surface area contributed by atoms with E-state index in [2.05, 4.69) is 17.6 Å². The van der Waals surface area contributed by atoms with E-state index in [4.69, 9.17) is 0 Å². The first-order chi connectivity index (χ1) is 8.56. The molecule has 2 rings (SSSR count). The summed E-state index contributed by atoms with van der Waals surface area (Å²) in [5, 5.41) is 6.23. The van der Waals surface area contributed by atoms with E-state index in [-0.39, 0.29) is 29.9 Å². The van der Waals surface area contributed by atoms with Gasteiger partial charge in [-0.3, -0.25) is 4.79 Å². The molecule has 0 bridgehead atoms. The lowest BCUT2D eigenvalue weighted by molar-refractivity contribution is 0.0921. The molecular weight excluding hydrogens is 267 g/mol. The lowest BCUT2D eigenvalue weighted by atomic mass is 10.00. The van der Waals surface area contributed by atoms with Gasteiger partial charge in [0.25, 0.3) is 5.91 Å². The summed E-state index contributed by atoms with van der Waals surface area (Å²) in [6.45, 7) is 4.78. The van der Waals surface area contributed by atoms with Crippen molar-refractivity contribution in [2.24, 2.45) is 0 Å². The fourth-order valence-electron chi connectivity index (χ4n) is 2.33. The highest BCUT2D eigenvalue weighted by Gasteiger charge is 2.21. The zero-order valence-corrected chi connectivity index (χ0v) is 12.0. The minimum absolute atomic E-state index is 0. The molecule has 0 aromatic heterocycles. The number of piperidine rings is 1. The standard InChI is InChI=1S/C14H19FN2O.ClH/c1-9-3-4-12(13(15)7-9)14(18)17-11-5-6-16-10(2)8-11;/h3-4,7,10-11,16H,5-6,8H2,1-2H3,(H,17,18);1H. The average Bonchev–Trinajstić information content (AvgIpc) is 2.28. The lowest BCUT2D eigenvalue weighted by Crippen LogP contribution is -2.46. The third-order valence-electron chi connectivity index (χ3n) is 3.33. The van der Waals surface area contributed by atoms with Gasteiger partial charge in [-0.15, -0.1) is 12.4 Å². The van der Waals surface area contributed by atoms with E-state index < -0.39 is 5.82 Å². The molecule has 1 saturated heterocycles. The van der Waals surface area contributed by atoms with E-state index in [1.807, 2.05) is 0 Å². The molecule has 2 unspecified atom stereocenters. The van der Waals surface area contributed by atoms with Crippen molar-refractivity contribution in [1.29, 1.82) is 0 Å². The highest BCUT2D eigenvalue weighted by molar-refractivity contribution is 5.94. The second-order valence-corrected chi connectivity index (χ2v) is 5.03. The van der Waals surface area contributed by atoms with Crippen LogP contribution in [0.15, 0.2) is 18.2 Å². The highest BCUT2D eigenvalue weighted by atomic mass is 35.5. The Hall–Kier alpha value is -1.13. The van der Waals surface area contributed by atoms with E-state index in [1.54, 1.807) is 19.1 Å². The Bertz CT molecular complexity index is 453. The van der Waals surface area contributed by atoms with Gasteiger partial charge in [0.2, 0.25) is 0 Å². The minimum Gasteiger partial charge on any atom is -0.349 e. The second kappa shape index (κ2) is 6.87. The van der Waals surface area contributed by atoms with Crippen molar-refractivity contribution in [3.05, 3.63) is 35.1 Å². The van der Waals surface area contributed by atoms with Crippen LogP contribution in [-0.4, -0.2) is 24.5 Å². The van der Waals surface area contributed by atoms with Gasteiger partial charge in [-0.05, 0) is 50.9 Å². The minimum atomic E-state index is -0.450. The molecule has 0 saturated carbocycles. The molecule has 1 aromatic carbocycles. The molecule has 1 amide bonds. The predicted octanol–water partition coefficient (Wildman–Crippen LogP) is 2.43.